The van der Waals surface area contributed by atoms with Crippen LogP contribution in [0.5, 0.6) is 5.75 Å². The van der Waals surface area contributed by atoms with Crippen molar-refractivity contribution in [2.75, 3.05) is 7.11 Å². The maximum Gasteiger partial charge on any atom is 0.256 e. The Morgan fingerprint density at radius 2 is 1.82 bits per heavy atom. The lowest BCUT2D eigenvalue weighted by Crippen LogP contribution is -2.28. The summed E-state index contributed by atoms with van der Waals surface area (Å²) in [6.45, 7) is 8.17. The highest BCUT2D eigenvalue weighted by Gasteiger charge is 2.23. The van der Waals surface area contributed by atoms with Gasteiger partial charge in [-0.05, 0) is 50.5 Å². The van der Waals surface area contributed by atoms with Crippen LogP contribution in [0.15, 0.2) is 59.4 Å². The number of aryl methyl sites for hydroxylation is 1. The molecule has 4 rings (SSSR count). The predicted octanol–water partition coefficient (Wildman–Crippen LogP) is 5.52. The van der Waals surface area contributed by atoms with Gasteiger partial charge in [0.1, 0.15) is 5.75 Å². The summed E-state index contributed by atoms with van der Waals surface area (Å²) in [4.78, 5) is 28.7. The number of carbonyl (C=O) groups excluding carboxylic acids is 1. The summed E-state index contributed by atoms with van der Waals surface area (Å²) in [6.07, 6.45) is 0.942. The summed E-state index contributed by atoms with van der Waals surface area (Å²) in [5, 5.41) is 3.85. The summed E-state index contributed by atoms with van der Waals surface area (Å²) in [5.41, 5.74) is 5.67. The van der Waals surface area contributed by atoms with Crippen molar-refractivity contribution >= 4 is 16.8 Å². The predicted molar refractivity (Wildman–Crippen MR) is 137 cm³/mol. The molecule has 2 aromatic heterocycles. The molecule has 1 amide bonds. The normalized spacial score (nSPS) is 12.0. The number of pyridine rings is 1. The molecular weight excluding hydrogens is 426 g/mol. The number of nitrogens with one attached hydrogen (secondary N) is 2. The van der Waals surface area contributed by atoms with Crippen molar-refractivity contribution in [2.45, 2.75) is 46.7 Å². The van der Waals surface area contributed by atoms with Crippen LogP contribution in [0, 0.1) is 13.8 Å². The molecule has 0 aliphatic heterocycles. The van der Waals surface area contributed by atoms with Gasteiger partial charge in [0, 0.05) is 28.3 Å². The molecule has 0 saturated heterocycles. The van der Waals surface area contributed by atoms with E-state index in [1.807, 2.05) is 31.2 Å². The van der Waals surface area contributed by atoms with Crippen LogP contribution >= 0.6 is 0 Å². The molecule has 0 aliphatic carbocycles. The molecule has 1 atom stereocenters. The third-order valence-corrected chi connectivity index (χ3v) is 6.49. The number of H-pyrrole nitrogens is 1. The molecule has 0 spiro atoms. The standard InChI is InChI=1S/C28H31N3O3/c1-6-18(3)31-19(4)26(22-13-12-21(15-24(22)31)20-10-8-7-9-11-20)28(33)29-16-23-25(34-5)14-17(2)30-27(23)32/h7-15,18H,6,16H2,1-5H3,(H,29,33)(H,30,32). The van der Waals surface area contributed by atoms with Crippen molar-refractivity contribution in [1.82, 2.24) is 14.9 Å². The fourth-order valence-electron chi connectivity index (χ4n) is 4.58. The number of hydrogen-bond donors (Lipinski definition) is 2. The van der Waals surface area contributed by atoms with E-state index in [4.69, 9.17) is 4.74 Å². The van der Waals surface area contributed by atoms with E-state index in [0.29, 0.717) is 22.6 Å². The molecule has 176 valence electrons. The molecule has 4 aromatic rings. The molecule has 0 bridgehead atoms. The highest BCUT2D eigenvalue weighted by molar-refractivity contribution is 6.09. The Bertz CT molecular complexity index is 1400. The van der Waals surface area contributed by atoms with Gasteiger partial charge < -0.3 is 19.6 Å². The number of ether oxygens (including phenoxy) is 1. The third-order valence-electron chi connectivity index (χ3n) is 6.49. The number of aromatic nitrogens is 2. The van der Waals surface area contributed by atoms with Crippen LogP contribution in [0.2, 0.25) is 0 Å². The Labute approximate surface area is 199 Å². The third kappa shape index (κ3) is 4.23. The van der Waals surface area contributed by atoms with Gasteiger partial charge in [-0.2, -0.15) is 0 Å². The molecule has 6 nitrogen and oxygen atoms in total. The second-order valence-corrected chi connectivity index (χ2v) is 8.70. The van der Waals surface area contributed by atoms with Gasteiger partial charge in [0.2, 0.25) is 0 Å². The minimum atomic E-state index is -0.261. The minimum absolute atomic E-state index is 0.0785. The van der Waals surface area contributed by atoms with Gasteiger partial charge >= 0.3 is 0 Å². The molecule has 0 fully saturated rings. The Morgan fingerprint density at radius 1 is 1.09 bits per heavy atom. The fraction of sp³-hybridized carbons (Fsp3) is 0.286. The van der Waals surface area contributed by atoms with Crippen molar-refractivity contribution in [3.63, 3.8) is 0 Å². The van der Waals surface area contributed by atoms with Gasteiger partial charge in [0.25, 0.3) is 11.5 Å². The van der Waals surface area contributed by atoms with Crippen LogP contribution in [-0.2, 0) is 6.54 Å². The van der Waals surface area contributed by atoms with E-state index < -0.39 is 0 Å². The monoisotopic (exact) mass is 457 g/mol. The first-order chi connectivity index (χ1) is 16.3. The van der Waals surface area contributed by atoms with Crippen molar-refractivity contribution in [3.05, 3.63) is 87.5 Å². The van der Waals surface area contributed by atoms with Crippen LogP contribution in [0.1, 0.15) is 53.6 Å². The van der Waals surface area contributed by atoms with Crippen LogP contribution in [0.3, 0.4) is 0 Å². The van der Waals surface area contributed by atoms with Crippen molar-refractivity contribution in [3.8, 4) is 16.9 Å². The number of aromatic amines is 1. The molecule has 6 heteroatoms. The van der Waals surface area contributed by atoms with Crippen molar-refractivity contribution in [1.29, 1.82) is 0 Å². The minimum Gasteiger partial charge on any atom is -0.496 e. The molecule has 0 saturated carbocycles. The Kier molecular flexibility index (Phi) is 6.59. The van der Waals surface area contributed by atoms with Gasteiger partial charge in [0.05, 0.1) is 24.8 Å². The summed E-state index contributed by atoms with van der Waals surface area (Å²) >= 11 is 0. The molecular formula is C28H31N3O3. The second kappa shape index (κ2) is 9.59. The second-order valence-electron chi connectivity index (χ2n) is 8.70. The molecule has 34 heavy (non-hydrogen) atoms. The molecule has 0 radical (unpaired) electrons. The zero-order valence-corrected chi connectivity index (χ0v) is 20.4. The van der Waals surface area contributed by atoms with Crippen molar-refractivity contribution < 1.29 is 9.53 Å². The zero-order valence-electron chi connectivity index (χ0n) is 20.4. The van der Waals surface area contributed by atoms with Crippen molar-refractivity contribution in [2.24, 2.45) is 0 Å². The number of methoxy groups -OCH3 is 1. The number of rotatable bonds is 7. The number of amides is 1. The van der Waals surface area contributed by atoms with Gasteiger partial charge in [0.15, 0.2) is 0 Å². The zero-order chi connectivity index (χ0) is 24.4. The Balaban J connectivity index is 1.76. The number of carbonyl (C=O) groups is 1. The molecule has 0 aliphatic rings. The molecule has 2 aromatic carbocycles. The highest BCUT2D eigenvalue weighted by Crippen LogP contribution is 2.33. The fourth-order valence-corrected chi connectivity index (χ4v) is 4.58. The summed E-state index contributed by atoms with van der Waals surface area (Å²) in [5.74, 6) is 0.256. The van der Waals surface area contributed by atoms with Gasteiger partial charge in [-0.15, -0.1) is 0 Å². The number of hydrogen-bond acceptors (Lipinski definition) is 3. The summed E-state index contributed by atoms with van der Waals surface area (Å²) in [7, 11) is 1.52. The Hall–Kier alpha value is -3.80. The summed E-state index contributed by atoms with van der Waals surface area (Å²) in [6, 6.07) is 18.5. The quantitative estimate of drug-likeness (QED) is 0.383. The first-order valence-corrected chi connectivity index (χ1v) is 11.6. The molecule has 2 heterocycles. The van der Waals surface area contributed by atoms with Gasteiger partial charge in [-0.25, -0.2) is 0 Å². The average Bonchev–Trinajstić information content (AvgIpc) is 3.13. The van der Waals surface area contributed by atoms with Gasteiger partial charge in [-0.1, -0.05) is 49.4 Å². The lowest BCUT2D eigenvalue weighted by atomic mass is 10.0. The van der Waals surface area contributed by atoms with Crippen LogP contribution in [0.4, 0.5) is 0 Å². The SMILES string of the molecule is CCC(C)n1c(C)c(C(=O)NCc2c(OC)cc(C)[nH]c2=O)c2ccc(-c3ccccc3)cc21. The van der Waals surface area contributed by atoms with E-state index >= 15 is 0 Å². The van der Waals surface area contributed by atoms with E-state index in [-0.39, 0.29) is 24.1 Å². The van der Waals surface area contributed by atoms with E-state index in [0.717, 1.165) is 34.1 Å². The van der Waals surface area contributed by atoms with E-state index in [1.165, 1.54) is 7.11 Å². The van der Waals surface area contributed by atoms with Gasteiger partial charge in [-0.3, -0.25) is 9.59 Å². The average molecular weight is 458 g/mol. The summed E-state index contributed by atoms with van der Waals surface area (Å²) < 4.78 is 7.61. The Morgan fingerprint density at radius 3 is 2.50 bits per heavy atom. The largest absolute Gasteiger partial charge is 0.496 e. The molecule has 2 N–H and O–H groups in total. The topological polar surface area (TPSA) is 76.1 Å². The van der Waals surface area contributed by atoms with Crippen LogP contribution in [-0.4, -0.2) is 22.6 Å². The first-order valence-electron chi connectivity index (χ1n) is 11.6. The van der Waals surface area contributed by atoms with Crippen LogP contribution in [0.25, 0.3) is 22.0 Å². The highest BCUT2D eigenvalue weighted by atomic mass is 16.5. The smallest absolute Gasteiger partial charge is 0.256 e. The van der Waals surface area contributed by atoms with E-state index in [2.05, 4.69) is 53.0 Å². The lowest BCUT2D eigenvalue weighted by Gasteiger charge is -2.16. The number of fused-ring (bicyclic) bond motifs is 1. The maximum atomic E-state index is 13.4. The van der Waals surface area contributed by atoms with E-state index in [9.17, 15) is 9.59 Å². The first kappa shape index (κ1) is 23.4. The number of nitrogens with zero attached hydrogens (tertiary/aromatic N) is 1. The maximum absolute atomic E-state index is 13.4. The van der Waals surface area contributed by atoms with E-state index in [1.54, 1.807) is 13.0 Å². The molecule has 1 unspecified atom stereocenters. The lowest BCUT2D eigenvalue weighted by molar-refractivity contribution is 0.0951. The number of benzene rings is 2. The van der Waals surface area contributed by atoms with Crippen LogP contribution < -0.4 is 15.6 Å².